The fraction of sp³-hybridized carbons (Fsp3) is 0.167. The topological polar surface area (TPSA) is 29.4 Å². The van der Waals surface area contributed by atoms with E-state index in [1.807, 2.05) is 17.7 Å². The number of rotatable bonds is 1. The average molecular weight is 139 g/mol. The van der Waals surface area contributed by atoms with Crippen LogP contribution in [0.25, 0.3) is 0 Å². The third kappa shape index (κ3) is 1.25. The smallest absolute Gasteiger partial charge is 0.211 e. The van der Waals surface area contributed by atoms with E-state index < -0.39 is 0 Å². The molecule has 0 spiro atoms. The highest BCUT2D eigenvalue weighted by atomic mass is 32.1. The summed E-state index contributed by atoms with van der Waals surface area (Å²) in [7, 11) is 0. The van der Waals surface area contributed by atoms with Crippen LogP contribution < -0.4 is 0 Å². The highest BCUT2D eigenvalue weighted by molar-refractivity contribution is 7.08. The Kier molecular flexibility index (Phi) is 1.78. The van der Waals surface area contributed by atoms with E-state index in [1.165, 1.54) is 17.4 Å². The van der Waals surface area contributed by atoms with Gasteiger partial charge in [-0.1, -0.05) is 0 Å². The van der Waals surface area contributed by atoms with E-state index in [4.69, 9.17) is 0 Å². The first-order valence-corrected chi connectivity index (χ1v) is 3.39. The van der Waals surface area contributed by atoms with Crippen LogP contribution in [-0.4, -0.2) is 6.08 Å². The van der Waals surface area contributed by atoms with Gasteiger partial charge in [0.2, 0.25) is 6.08 Å². The van der Waals surface area contributed by atoms with Gasteiger partial charge in [-0.3, -0.25) is 0 Å². The molecule has 0 fully saturated rings. The van der Waals surface area contributed by atoms with Crippen LogP contribution in [0.5, 0.6) is 0 Å². The van der Waals surface area contributed by atoms with Crippen molar-refractivity contribution in [2.45, 2.75) is 6.92 Å². The standard InChI is InChI=1S/C6H5NOS/c1-5-2-9-3-6(5)7-4-8/h2-3H,1H3. The number of carbonyl (C=O) groups excluding carboxylic acids is 1. The van der Waals surface area contributed by atoms with E-state index in [0.29, 0.717) is 0 Å². The molecule has 46 valence electrons. The van der Waals surface area contributed by atoms with Crippen molar-refractivity contribution in [3.8, 4) is 0 Å². The van der Waals surface area contributed by atoms with Gasteiger partial charge in [0.25, 0.3) is 0 Å². The number of isocyanates is 1. The molecule has 1 aromatic rings. The van der Waals surface area contributed by atoms with E-state index in [-0.39, 0.29) is 0 Å². The van der Waals surface area contributed by atoms with Crippen LogP contribution in [0.4, 0.5) is 5.69 Å². The number of aliphatic imine (C=N–C) groups is 1. The van der Waals surface area contributed by atoms with E-state index >= 15 is 0 Å². The molecular formula is C6H5NOS. The minimum Gasteiger partial charge on any atom is -0.211 e. The number of thiophene rings is 1. The Morgan fingerprint density at radius 2 is 2.44 bits per heavy atom. The molecule has 1 aromatic heterocycles. The molecule has 0 aromatic carbocycles. The average Bonchev–Trinajstić information content (AvgIpc) is 2.18. The van der Waals surface area contributed by atoms with E-state index in [9.17, 15) is 4.79 Å². The molecular weight excluding hydrogens is 134 g/mol. The molecule has 9 heavy (non-hydrogen) atoms. The van der Waals surface area contributed by atoms with Crippen LogP contribution in [-0.2, 0) is 4.79 Å². The Hall–Kier alpha value is -0.920. The summed E-state index contributed by atoms with van der Waals surface area (Å²) in [5, 5.41) is 3.76. The summed E-state index contributed by atoms with van der Waals surface area (Å²) in [5.41, 5.74) is 1.76. The Balaban J connectivity index is 3.07. The lowest BCUT2D eigenvalue weighted by Gasteiger charge is -1.80. The molecule has 0 atom stereocenters. The number of hydrogen-bond acceptors (Lipinski definition) is 3. The Bertz CT molecular complexity index is 247. The summed E-state index contributed by atoms with van der Waals surface area (Å²) in [5.74, 6) is 0. The maximum Gasteiger partial charge on any atom is 0.240 e. The molecule has 2 nitrogen and oxygen atoms in total. The molecule has 0 aliphatic heterocycles. The molecule has 0 unspecified atom stereocenters. The lowest BCUT2D eigenvalue weighted by molar-refractivity contribution is 0.565. The van der Waals surface area contributed by atoms with Gasteiger partial charge in [-0.25, -0.2) is 4.79 Å². The second kappa shape index (κ2) is 2.58. The quantitative estimate of drug-likeness (QED) is 0.432. The number of aryl methyl sites for hydroxylation is 1. The van der Waals surface area contributed by atoms with Gasteiger partial charge in [-0.2, -0.15) is 4.99 Å². The zero-order valence-electron chi connectivity index (χ0n) is 4.92. The monoisotopic (exact) mass is 139 g/mol. The van der Waals surface area contributed by atoms with Gasteiger partial charge in [-0.05, 0) is 17.9 Å². The largest absolute Gasteiger partial charge is 0.240 e. The van der Waals surface area contributed by atoms with Crippen LogP contribution in [0, 0.1) is 6.92 Å². The highest BCUT2D eigenvalue weighted by Gasteiger charge is 1.93. The summed E-state index contributed by atoms with van der Waals surface area (Å²) in [6.07, 6.45) is 1.49. The fourth-order valence-electron chi connectivity index (χ4n) is 0.518. The van der Waals surface area contributed by atoms with Crippen LogP contribution in [0.3, 0.4) is 0 Å². The summed E-state index contributed by atoms with van der Waals surface area (Å²) in [4.78, 5) is 13.2. The second-order valence-corrected chi connectivity index (χ2v) is 2.39. The van der Waals surface area contributed by atoms with Crippen molar-refractivity contribution in [3.63, 3.8) is 0 Å². The highest BCUT2D eigenvalue weighted by Crippen LogP contribution is 2.21. The minimum absolute atomic E-state index is 0.731. The van der Waals surface area contributed by atoms with Crippen molar-refractivity contribution in [1.29, 1.82) is 0 Å². The zero-order valence-corrected chi connectivity index (χ0v) is 5.73. The van der Waals surface area contributed by atoms with Crippen LogP contribution >= 0.6 is 11.3 Å². The third-order valence-electron chi connectivity index (χ3n) is 0.995. The molecule has 0 N–H and O–H groups in total. The molecule has 0 radical (unpaired) electrons. The molecule has 3 heteroatoms. The van der Waals surface area contributed by atoms with E-state index in [2.05, 4.69) is 4.99 Å². The van der Waals surface area contributed by atoms with E-state index in [0.717, 1.165) is 11.3 Å². The number of hydrogen-bond donors (Lipinski definition) is 0. The van der Waals surface area contributed by atoms with Gasteiger partial charge in [0.1, 0.15) is 0 Å². The molecule has 0 aliphatic rings. The maximum atomic E-state index is 9.74. The molecule has 0 bridgehead atoms. The number of nitrogens with zero attached hydrogens (tertiary/aromatic N) is 1. The zero-order chi connectivity index (χ0) is 6.69. The van der Waals surface area contributed by atoms with Gasteiger partial charge < -0.3 is 0 Å². The summed E-state index contributed by atoms with van der Waals surface area (Å²) in [6.45, 7) is 1.91. The fourth-order valence-corrected chi connectivity index (χ4v) is 1.28. The Labute approximate surface area is 56.9 Å². The van der Waals surface area contributed by atoms with Crippen LogP contribution in [0.2, 0.25) is 0 Å². The minimum atomic E-state index is 0.731. The molecule has 0 amide bonds. The predicted octanol–water partition coefficient (Wildman–Crippen LogP) is 2.02. The normalized spacial score (nSPS) is 8.56. The molecule has 0 saturated carbocycles. The van der Waals surface area contributed by atoms with Crippen LogP contribution in [0.15, 0.2) is 15.8 Å². The van der Waals surface area contributed by atoms with Gasteiger partial charge in [-0.15, -0.1) is 11.3 Å². The van der Waals surface area contributed by atoms with Crippen molar-refractivity contribution in [3.05, 3.63) is 16.3 Å². The lowest BCUT2D eigenvalue weighted by Crippen LogP contribution is -1.59. The Morgan fingerprint density at radius 1 is 1.67 bits per heavy atom. The first-order valence-electron chi connectivity index (χ1n) is 2.45. The maximum absolute atomic E-state index is 9.74. The van der Waals surface area contributed by atoms with Crippen molar-refractivity contribution in [2.75, 3.05) is 0 Å². The van der Waals surface area contributed by atoms with Crippen molar-refractivity contribution in [1.82, 2.24) is 0 Å². The molecule has 1 rings (SSSR count). The first kappa shape index (κ1) is 6.20. The van der Waals surface area contributed by atoms with Gasteiger partial charge in [0.05, 0.1) is 5.69 Å². The molecule has 0 aliphatic carbocycles. The van der Waals surface area contributed by atoms with E-state index in [1.54, 1.807) is 0 Å². The summed E-state index contributed by atoms with van der Waals surface area (Å²) < 4.78 is 0. The SMILES string of the molecule is Cc1cscc1N=C=O. The Morgan fingerprint density at radius 3 is 2.89 bits per heavy atom. The molecule has 0 saturated heterocycles. The third-order valence-corrected chi connectivity index (χ3v) is 1.84. The van der Waals surface area contributed by atoms with Crippen molar-refractivity contribution >= 4 is 23.1 Å². The van der Waals surface area contributed by atoms with Gasteiger partial charge in [0, 0.05) is 5.38 Å². The second-order valence-electron chi connectivity index (χ2n) is 1.64. The first-order chi connectivity index (χ1) is 4.34. The van der Waals surface area contributed by atoms with Crippen molar-refractivity contribution < 1.29 is 4.79 Å². The van der Waals surface area contributed by atoms with Crippen LogP contribution in [0.1, 0.15) is 5.56 Å². The summed E-state index contributed by atoms with van der Waals surface area (Å²) >= 11 is 1.53. The lowest BCUT2D eigenvalue weighted by atomic mass is 10.3. The predicted molar refractivity (Wildman–Crippen MR) is 36.8 cm³/mol. The summed E-state index contributed by atoms with van der Waals surface area (Å²) in [6, 6.07) is 0. The van der Waals surface area contributed by atoms with Gasteiger partial charge >= 0.3 is 0 Å². The van der Waals surface area contributed by atoms with Gasteiger partial charge in [0.15, 0.2) is 0 Å². The molecule has 1 heterocycles. The van der Waals surface area contributed by atoms with Crippen molar-refractivity contribution in [2.24, 2.45) is 4.99 Å².